The molecule has 2 heterocycles. The summed E-state index contributed by atoms with van der Waals surface area (Å²) in [6, 6.07) is 6.18. The van der Waals surface area contributed by atoms with Crippen LogP contribution in [0.4, 0.5) is 11.4 Å². The van der Waals surface area contributed by atoms with E-state index in [4.69, 9.17) is 5.73 Å². The third kappa shape index (κ3) is 2.29. The third-order valence-corrected chi connectivity index (χ3v) is 4.50. The Labute approximate surface area is 121 Å². The molecule has 1 fully saturated rings. The smallest absolute Gasteiger partial charge is 0.0745 e. The number of pyridine rings is 1. The van der Waals surface area contributed by atoms with Gasteiger partial charge < -0.3 is 10.6 Å². The Balaban J connectivity index is 2.11. The quantitative estimate of drug-likeness (QED) is 0.915. The van der Waals surface area contributed by atoms with Crippen LogP contribution in [0.2, 0.25) is 0 Å². The molecule has 3 nitrogen and oxygen atoms in total. The van der Waals surface area contributed by atoms with E-state index in [9.17, 15) is 0 Å². The summed E-state index contributed by atoms with van der Waals surface area (Å²) in [5.74, 6) is 0.787. The fourth-order valence-electron chi connectivity index (χ4n) is 2.89. The molecule has 0 saturated carbocycles. The first kappa shape index (κ1) is 12.7. The molecule has 1 aliphatic rings. The van der Waals surface area contributed by atoms with E-state index in [1.165, 1.54) is 12.8 Å². The van der Waals surface area contributed by atoms with Gasteiger partial charge in [0.05, 0.1) is 23.1 Å². The second-order valence-electron chi connectivity index (χ2n) is 5.23. The number of hydrogen-bond acceptors (Lipinski definition) is 3. The van der Waals surface area contributed by atoms with Crippen molar-refractivity contribution in [3.8, 4) is 0 Å². The Morgan fingerprint density at radius 1 is 1.47 bits per heavy atom. The number of hydrogen-bond donors (Lipinski definition) is 1. The van der Waals surface area contributed by atoms with Crippen LogP contribution >= 0.6 is 15.9 Å². The van der Waals surface area contributed by atoms with E-state index < -0.39 is 0 Å². The molecule has 1 saturated heterocycles. The number of benzene rings is 1. The highest BCUT2D eigenvalue weighted by Crippen LogP contribution is 2.36. The number of rotatable bonds is 2. The van der Waals surface area contributed by atoms with Crippen LogP contribution in [0.1, 0.15) is 19.8 Å². The monoisotopic (exact) mass is 319 g/mol. The standard InChI is InChI=1S/C15H18BrN3/c1-2-10-5-6-19(9-10)15-12-7-11(16)3-4-14(12)18-8-13(15)17/h3-4,7-8,10H,2,5-6,9,17H2,1H3. The molecule has 0 spiro atoms. The fourth-order valence-corrected chi connectivity index (χ4v) is 3.25. The Bertz CT molecular complexity index is 606. The molecule has 4 heteroatoms. The first-order valence-electron chi connectivity index (χ1n) is 6.77. The second-order valence-corrected chi connectivity index (χ2v) is 6.15. The summed E-state index contributed by atoms with van der Waals surface area (Å²) in [5.41, 5.74) is 9.13. The minimum Gasteiger partial charge on any atom is -0.396 e. The predicted molar refractivity (Wildman–Crippen MR) is 84.5 cm³/mol. The van der Waals surface area contributed by atoms with E-state index in [1.54, 1.807) is 6.20 Å². The molecule has 2 N–H and O–H groups in total. The van der Waals surface area contributed by atoms with Gasteiger partial charge in [-0.2, -0.15) is 0 Å². The Morgan fingerprint density at radius 2 is 2.32 bits per heavy atom. The van der Waals surface area contributed by atoms with E-state index in [2.05, 4.69) is 38.8 Å². The lowest BCUT2D eigenvalue weighted by Crippen LogP contribution is -2.21. The molecule has 3 rings (SSSR count). The summed E-state index contributed by atoms with van der Waals surface area (Å²) < 4.78 is 1.07. The van der Waals surface area contributed by atoms with Crippen molar-refractivity contribution < 1.29 is 0 Å². The molecule has 100 valence electrons. The fraction of sp³-hybridized carbons (Fsp3) is 0.400. The lowest BCUT2D eigenvalue weighted by atomic mass is 10.1. The van der Waals surface area contributed by atoms with Crippen LogP contribution in [0.25, 0.3) is 10.9 Å². The van der Waals surface area contributed by atoms with Gasteiger partial charge in [0.1, 0.15) is 0 Å². The van der Waals surface area contributed by atoms with Crippen molar-refractivity contribution in [2.45, 2.75) is 19.8 Å². The van der Waals surface area contributed by atoms with Gasteiger partial charge in [-0.15, -0.1) is 0 Å². The van der Waals surface area contributed by atoms with Gasteiger partial charge in [-0.1, -0.05) is 29.3 Å². The number of anilines is 2. The van der Waals surface area contributed by atoms with Crippen molar-refractivity contribution in [3.05, 3.63) is 28.9 Å². The molecule has 1 atom stereocenters. The number of nitrogen functional groups attached to an aromatic ring is 1. The average Bonchev–Trinajstić information content (AvgIpc) is 2.87. The summed E-state index contributed by atoms with van der Waals surface area (Å²) in [7, 11) is 0. The molecular formula is C15H18BrN3. The Kier molecular flexibility index (Phi) is 3.35. The topological polar surface area (TPSA) is 42.1 Å². The normalized spacial score (nSPS) is 19.3. The van der Waals surface area contributed by atoms with Gasteiger partial charge in [0.15, 0.2) is 0 Å². The lowest BCUT2D eigenvalue weighted by molar-refractivity contribution is 0.569. The minimum absolute atomic E-state index is 0.780. The van der Waals surface area contributed by atoms with Crippen molar-refractivity contribution in [2.75, 3.05) is 23.7 Å². The number of fused-ring (bicyclic) bond motifs is 1. The van der Waals surface area contributed by atoms with Crippen LogP contribution in [-0.4, -0.2) is 18.1 Å². The third-order valence-electron chi connectivity index (χ3n) is 4.01. The van der Waals surface area contributed by atoms with E-state index in [0.717, 1.165) is 45.8 Å². The van der Waals surface area contributed by atoms with E-state index in [0.29, 0.717) is 0 Å². The zero-order chi connectivity index (χ0) is 13.4. The summed E-state index contributed by atoms with van der Waals surface area (Å²) in [6.45, 7) is 4.46. The highest BCUT2D eigenvalue weighted by molar-refractivity contribution is 9.10. The molecule has 0 amide bonds. The van der Waals surface area contributed by atoms with Crippen LogP contribution in [0.3, 0.4) is 0 Å². The van der Waals surface area contributed by atoms with Crippen LogP contribution in [0.15, 0.2) is 28.9 Å². The first-order chi connectivity index (χ1) is 9.19. The summed E-state index contributed by atoms with van der Waals surface area (Å²) in [4.78, 5) is 6.84. The summed E-state index contributed by atoms with van der Waals surface area (Å²) in [5, 5.41) is 1.14. The van der Waals surface area contributed by atoms with E-state index in [1.807, 2.05) is 12.1 Å². The van der Waals surface area contributed by atoms with Crippen LogP contribution in [0, 0.1) is 5.92 Å². The van der Waals surface area contributed by atoms with Gasteiger partial charge in [-0.05, 0) is 30.5 Å². The van der Waals surface area contributed by atoms with Crippen molar-refractivity contribution in [1.82, 2.24) is 4.98 Å². The van der Waals surface area contributed by atoms with Gasteiger partial charge in [0.25, 0.3) is 0 Å². The van der Waals surface area contributed by atoms with Crippen LogP contribution in [0.5, 0.6) is 0 Å². The maximum atomic E-state index is 6.18. The molecule has 19 heavy (non-hydrogen) atoms. The number of nitrogens with zero attached hydrogens (tertiary/aromatic N) is 2. The van der Waals surface area contributed by atoms with Crippen molar-refractivity contribution in [3.63, 3.8) is 0 Å². The van der Waals surface area contributed by atoms with E-state index >= 15 is 0 Å². The molecule has 1 unspecified atom stereocenters. The van der Waals surface area contributed by atoms with Crippen LogP contribution < -0.4 is 10.6 Å². The number of halogens is 1. The minimum atomic E-state index is 0.780. The predicted octanol–water partition coefficient (Wildman–Crippen LogP) is 3.82. The zero-order valence-corrected chi connectivity index (χ0v) is 12.7. The highest BCUT2D eigenvalue weighted by Gasteiger charge is 2.24. The van der Waals surface area contributed by atoms with Crippen LogP contribution in [-0.2, 0) is 0 Å². The van der Waals surface area contributed by atoms with Gasteiger partial charge in [0.2, 0.25) is 0 Å². The Hall–Kier alpha value is -1.29. The lowest BCUT2D eigenvalue weighted by Gasteiger charge is -2.22. The SMILES string of the molecule is CCC1CCN(c2c(N)cnc3ccc(Br)cc23)C1. The molecule has 0 bridgehead atoms. The number of nitrogens with two attached hydrogens (primary N) is 1. The summed E-state index contributed by atoms with van der Waals surface area (Å²) in [6.07, 6.45) is 4.28. The van der Waals surface area contributed by atoms with E-state index in [-0.39, 0.29) is 0 Å². The van der Waals surface area contributed by atoms with Crippen molar-refractivity contribution in [2.24, 2.45) is 5.92 Å². The average molecular weight is 320 g/mol. The molecule has 1 aromatic carbocycles. The highest BCUT2D eigenvalue weighted by atomic mass is 79.9. The van der Waals surface area contributed by atoms with Crippen molar-refractivity contribution in [1.29, 1.82) is 0 Å². The maximum absolute atomic E-state index is 6.18. The molecule has 2 aromatic rings. The molecule has 0 radical (unpaired) electrons. The molecular weight excluding hydrogens is 302 g/mol. The van der Waals surface area contributed by atoms with Crippen molar-refractivity contribution >= 4 is 38.2 Å². The zero-order valence-electron chi connectivity index (χ0n) is 11.1. The second kappa shape index (κ2) is 5.00. The largest absolute Gasteiger partial charge is 0.396 e. The van der Waals surface area contributed by atoms with Gasteiger partial charge in [0, 0.05) is 22.9 Å². The maximum Gasteiger partial charge on any atom is 0.0745 e. The Morgan fingerprint density at radius 3 is 3.05 bits per heavy atom. The first-order valence-corrected chi connectivity index (χ1v) is 7.57. The van der Waals surface area contributed by atoms with Gasteiger partial charge in [-0.3, -0.25) is 4.98 Å². The molecule has 1 aromatic heterocycles. The van der Waals surface area contributed by atoms with Gasteiger partial charge >= 0.3 is 0 Å². The number of aromatic nitrogens is 1. The van der Waals surface area contributed by atoms with Gasteiger partial charge in [-0.25, -0.2) is 0 Å². The summed E-state index contributed by atoms with van der Waals surface area (Å²) >= 11 is 3.54. The molecule has 0 aliphatic carbocycles. The molecule has 1 aliphatic heterocycles.